The molecule has 1 atom stereocenters. The minimum atomic E-state index is -3.61. The molecule has 2 saturated heterocycles. The van der Waals surface area contributed by atoms with Gasteiger partial charge in [-0.05, 0) is 19.8 Å². The van der Waals surface area contributed by atoms with E-state index in [2.05, 4.69) is 5.10 Å². The Kier molecular flexibility index (Phi) is 4.93. The van der Waals surface area contributed by atoms with Crippen molar-refractivity contribution in [2.75, 3.05) is 39.4 Å². The number of nitrogens with zero attached hydrogens (tertiary/aromatic N) is 4. The summed E-state index contributed by atoms with van der Waals surface area (Å²) in [4.78, 5) is 14.7. The molecule has 3 heterocycles. The number of carbonyl (C=O) groups is 1. The molecule has 3 rings (SSSR count). The third kappa shape index (κ3) is 3.20. The SMILES string of the molecule is Cc1c(S(=O)(=O)N2CCCC(C(=O)N3CCOCC3)C2)cnn1C. The molecular formula is C15H24N4O4S. The fourth-order valence-corrected chi connectivity index (χ4v) is 4.98. The Hall–Kier alpha value is -1.45. The summed E-state index contributed by atoms with van der Waals surface area (Å²) in [5, 5.41) is 4.03. The summed E-state index contributed by atoms with van der Waals surface area (Å²) in [5.41, 5.74) is 0.608. The van der Waals surface area contributed by atoms with E-state index in [9.17, 15) is 13.2 Å². The Balaban J connectivity index is 1.75. The van der Waals surface area contributed by atoms with Crippen LogP contribution in [-0.4, -0.2) is 72.7 Å². The van der Waals surface area contributed by atoms with Crippen molar-refractivity contribution in [3.05, 3.63) is 11.9 Å². The fraction of sp³-hybridized carbons (Fsp3) is 0.733. The first-order valence-electron chi connectivity index (χ1n) is 8.26. The third-order valence-corrected chi connectivity index (χ3v) is 6.83. The molecule has 2 aliphatic heterocycles. The lowest BCUT2D eigenvalue weighted by molar-refractivity contribution is -0.140. The minimum absolute atomic E-state index is 0.0427. The van der Waals surface area contributed by atoms with Crippen LogP contribution in [0.3, 0.4) is 0 Å². The molecule has 2 aliphatic rings. The van der Waals surface area contributed by atoms with Crippen LogP contribution >= 0.6 is 0 Å². The lowest BCUT2D eigenvalue weighted by Crippen LogP contribution is -2.49. The quantitative estimate of drug-likeness (QED) is 0.760. The highest BCUT2D eigenvalue weighted by atomic mass is 32.2. The predicted octanol–water partition coefficient (Wildman–Crippen LogP) is -0.0120. The maximum absolute atomic E-state index is 12.9. The van der Waals surface area contributed by atoms with E-state index in [4.69, 9.17) is 4.74 Å². The van der Waals surface area contributed by atoms with Gasteiger partial charge < -0.3 is 9.64 Å². The maximum Gasteiger partial charge on any atom is 0.246 e. The second kappa shape index (κ2) is 6.81. The van der Waals surface area contributed by atoms with Crippen molar-refractivity contribution in [2.45, 2.75) is 24.7 Å². The zero-order valence-corrected chi connectivity index (χ0v) is 15.0. The molecule has 0 radical (unpaired) electrons. The topological polar surface area (TPSA) is 84.7 Å². The maximum atomic E-state index is 12.9. The molecule has 0 N–H and O–H groups in total. The summed E-state index contributed by atoms with van der Waals surface area (Å²) in [6.07, 6.45) is 2.81. The van der Waals surface area contributed by atoms with Crippen molar-refractivity contribution in [3.63, 3.8) is 0 Å². The van der Waals surface area contributed by atoms with Crippen molar-refractivity contribution in [1.82, 2.24) is 19.0 Å². The van der Waals surface area contributed by atoms with E-state index in [-0.39, 0.29) is 23.3 Å². The number of ether oxygens (including phenoxy) is 1. The largest absolute Gasteiger partial charge is 0.378 e. The van der Waals surface area contributed by atoms with Crippen LogP contribution in [0.15, 0.2) is 11.1 Å². The molecule has 0 aromatic carbocycles. The summed E-state index contributed by atoms with van der Waals surface area (Å²) in [5.74, 6) is -0.232. The van der Waals surface area contributed by atoms with Gasteiger partial charge in [-0.3, -0.25) is 9.48 Å². The smallest absolute Gasteiger partial charge is 0.246 e. The van der Waals surface area contributed by atoms with Crippen LogP contribution in [-0.2, 0) is 26.6 Å². The first-order valence-corrected chi connectivity index (χ1v) is 9.70. The number of aryl methyl sites for hydroxylation is 1. The van der Waals surface area contributed by atoms with Crippen LogP contribution in [0.25, 0.3) is 0 Å². The molecule has 0 saturated carbocycles. The number of aromatic nitrogens is 2. The molecule has 0 aliphatic carbocycles. The fourth-order valence-electron chi connectivity index (χ4n) is 3.28. The molecule has 0 spiro atoms. The van der Waals surface area contributed by atoms with Gasteiger partial charge in [0.25, 0.3) is 0 Å². The normalized spacial score (nSPS) is 23.4. The number of carbonyl (C=O) groups excluding carboxylic acids is 1. The molecule has 134 valence electrons. The van der Waals surface area contributed by atoms with Gasteiger partial charge in [0, 0.05) is 33.2 Å². The second-order valence-corrected chi connectivity index (χ2v) is 8.26. The first-order chi connectivity index (χ1) is 11.4. The number of amides is 1. The zero-order valence-electron chi connectivity index (χ0n) is 14.1. The van der Waals surface area contributed by atoms with Crippen molar-refractivity contribution in [2.24, 2.45) is 13.0 Å². The van der Waals surface area contributed by atoms with Crippen LogP contribution in [0.5, 0.6) is 0 Å². The van der Waals surface area contributed by atoms with Gasteiger partial charge >= 0.3 is 0 Å². The van der Waals surface area contributed by atoms with Gasteiger partial charge in [0.2, 0.25) is 15.9 Å². The second-order valence-electron chi connectivity index (χ2n) is 6.36. The average molecular weight is 356 g/mol. The van der Waals surface area contributed by atoms with Crippen LogP contribution < -0.4 is 0 Å². The first kappa shape index (κ1) is 17.4. The van der Waals surface area contributed by atoms with Crippen LogP contribution in [0, 0.1) is 12.8 Å². The number of hydrogen-bond donors (Lipinski definition) is 0. The molecule has 8 nitrogen and oxygen atoms in total. The van der Waals surface area contributed by atoms with Gasteiger partial charge in [0.05, 0.1) is 31.0 Å². The molecule has 1 unspecified atom stereocenters. The summed E-state index contributed by atoms with van der Waals surface area (Å²) in [6, 6.07) is 0. The van der Waals surface area contributed by atoms with E-state index in [0.29, 0.717) is 45.0 Å². The van der Waals surface area contributed by atoms with Crippen LogP contribution in [0.4, 0.5) is 0 Å². The Morgan fingerprint density at radius 3 is 2.62 bits per heavy atom. The van der Waals surface area contributed by atoms with Gasteiger partial charge in [-0.15, -0.1) is 0 Å². The van der Waals surface area contributed by atoms with Crippen molar-refractivity contribution >= 4 is 15.9 Å². The number of piperidine rings is 1. The van der Waals surface area contributed by atoms with Gasteiger partial charge in [-0.1, -0.05) is 0 Å². The van der Waals surface area contributed by atoms with Gasteiger partial charge in [0.15, 0.2) is 0 Å². The molecule has 2 fully saturated rings. The Morgan fingerprint density at radius 1 is 1.29 bits per heavy atom. The standard InChI is InChI=1S/C15H24N4O4S/c1-12-14(10-16-17(12)2)24(21,22)19-5-3-4-13(11-19)15(20)18-6-8-23-9-7-18/h10,13H,3-9,11H2,1-2H3. The summed E-state index contributed by atoms with van der Waals surface area (Å²) in [7, 11) is -1.90. The predicted molar refractivity (Wildman–Crippen MR) is 86.8 cm³/mol. The van der Waals surface area contributed by atoms with E-state index in [0.717, 1.165) is 6.42 Å². The highest BCUT2D eigenvalue weighted by molar-refractivity contribution is 7.89. The molecule has 0 bridgehead atoms. The summed E-state index contributed by atoms with van der Waals surface area (Å²) >= 11 is 0. The molecule has 24 heavy (non-hydrogen) atoms. The van der Waals surface area contributed by atoms with E-state index in [1.54, 1.807) is 23.6 Å². The molecule has 1 amide bonds. The van der Waals surface area contributed by atoms with E-state index >= 15 is 0 Å². The summed E-state index contributed by atoms with van der Waals surface area (Å²) in [6.45, 7) is 4.70. The van der Waals surface area contributed by atoms with Crippen molar-refractivity contribution < 1.29 is 17.9 Å². The zero-order chi connectivity index (χ0) is 17.3. The van der Waals surface area contributed by atoms with Crippen LogP contribution in [0.1, 0.15) is 18.5 Å². The van der Waals surface area contributed by atoms with Gasteiger partial charge in [-0.2, -0.15) is 9.40 Å². The number of hydrogen-bond acceptors (Lipinski definition) is 5. The van der Waals surface area contributed by atoms with Gasteiger partial charge in [-0.25, -0.2) is 8.42 Å². The Morgan fingerprint density at radius 2 is 2.00 bits per heavy atom. The number of morpholine rings is 1. The van der Waals surface area contributed by atoms with Gasteiger partial charge in [0.1, 0.15) is 4.90 Å². The lowest BCUT2D eigenvalue weighted by atomic mass is 9.98. The number of rotatable bonds is 3. The third-order valence-electron chi connectivity index (χ3n) is 4.86. The molecule has 1 aromatic heterocycles. The minimum Gasteiger partial charge on any atom is -0.378 e. The van der Waals surface area contributed by atoms with E-state index in [1.165, 1.54) is 10.5 Å². The van der Waals surface area contributed by atoms with Crippen LogP contribution in [0.2, 0.25) is 0 Å². The molecular weight excluding hydrogens is 332 g/mol. The van der Waals surface area contributed by atoms with Crippen molar-refractivity contribution in [1.29, 1.82) is 0 Å². The summed E-state index contributed by atoms with van der Waals surface area (Å²) < 4.78 is 34.0. The monoisotopic (exact) mass is 356 g/mol. The van der Waals surface area contributed by atoms with E-state index < -0.39 is 10.0 Å². The highest BCUT2D eigenvalue weighted by Crippen LogP contribution is 2.26. The van der Waals surface area contributed by atoms with Crippen molar-refractivity contribution in [3.8, 4) is 0 Å². The molecule has 9 heteroatoms. The molecule has 1 aromatic rings. The number of sulfonamides is 1. The average Bonchev–Trinajstić information content (AvgIpc) is 2.95. The lowest BCUT2D eigenvalue weighted by Gasteiger charge is -2.35. The highest BCUT2D eigenvalue weighted by Gasteiger charge is 2.36. The van der Waals surface area contributed by atoms with E-state index in [1.807, 2.05) is 0 Å². The Labute approximate surface area is 142 Å². The Bertz CT molecular complexity index is 709.